The van der Waals surface area contributed by atoms with E-state index in [1.807, 2.05) is 0 Å². The lowest BCUT2D eigenvalue weighted by Crippen LogP contribution is -2.24. The van der Waals surface area contributed by atoms with E-state index in [0.717, 1.165) is 6.07 Å². The normalized spacial score (nSPS) is 11.8. The van der Waals surface area contributed by atoms with Gasteiger partial charge in [-0.1, -0.05) is 24.3 Å². The summed E-state index contributed by atoms with van der Waals surface area (Å²) < 4.78 is 32.6. The first-order valence-electron chi connectivity index (χ1n) is 6.07. The fraction of sp³-hybridized carbons (Fsp3) is 0.133. The lowest BCUT2D eigenvalue weighted by molar-refractivity contribution is -0.141. The minimum atomic E-state index is -1.15. The van der Waals surface area contributed by atoms with E-state index >= 15 is 0 Å². The average molecular weight is 356 g/mol. The number of nitrogens with one attached hydrogen (secondary N) is 1. The number of esters is 1. The molecule has 0 aliphatic carbocycles. The molecule has 0 saturated carbocycles. The maximum Gasteiger partial charge on any atom is 0.333 e. The standard InChI is InChI=1S/C15H12BrF2NO2/c1-21-15(20)14(9-5-4-7-11(17)13(9)18)19-12-8-3-2-6-10(12)16/h2-8,14,19H,1H3. The number of anilines is 1. The molecule has 2 aromatic carbocycles. The second-order valence-corrected chi connectivity index (χ2v) is 5.08. The van der Waals surface area contributed by atoms with Crippen molar-refractivity contribution < 1.29 is 18.3 Å². The predicted octanol–water partition coefficient (Wildman–Crippen LogP) is 4.05. The molecule has 1 unspecified atom stereocenters. The number of carbonyl (C=O) groups is 1. The summed E-state index contributed by atoms with van der Waals surface area (Å²) >= 11 is 3.32. The number of hydrogen-bond donors (Lipinski definition) is 1. The lowest BCUT2D eigenvalue weighted by Gasteiger charge is -2.19. The number of hydrogen-bond acceptors (Lipinski definition) is 3. The van der Waals surface area contributed by atoms with Crippen LogP contribution in [-0.4, -0.2) is 13.1 Å². The Morgan fingerprint density at radius 1 is 1.19 bits per heavy atom. The Labute approximate surface area is 129 Å². The molecule has 1 N–H and O–H groups in total. The number of rotatable bonds is 4. The van der Waals surface area contributed by atoms with E-state index in [1.165, 1.54) is 19.2 Å². The van der Waals surface area contributed by atoms with Gasteiger partial charge in [-0.15, -0.1) is 0 Å². The van der Waals surface area contributed by atoms with Gasteiger partial charge in [0.1, 0.15) is 0 Å². The molecule has 0 spiro atoms. The van der Waals surface area contributed by atoms with Crippen LogP contribution in [0.4, 0.5) is 14.5 Å². The molecule has 110 valence electrons. The SMILES string of the molecule is COC(=O)C(Nc1ccccc1Br)c1cccc(F)c1F. The van der Waals surface area contributed by atoms with E-state index in [2.05, 4.69) is 26.0 Å². The highest BCUT2D eigenvalue weighted by Gasteiger charge is 2.26. The van der Waals surface area contributed by atoms with Crippen LogP contribution in [0.2, 0.25) is 0 Å². The van der Waals surface area contributed by atoms with E-state index in [1.54, 1.807) is 24.3 Å². The van der Waals surface area contributed by atoms with Crippen LogP contribution in [0.25, 0.3) is 0 Å². The third-order valence-electron chi connectivity index (χ3n) is 2.90. The number of carbonyl (C=O) groups excluding carboxylic acids is 1. The minimum absolute atomic E-state index is 0.113. The topological polar surface area (TPSA) is 38.3 Å². The molecule has 6 heteroatoms. The first kappa shape index (κ1) is 15.4. The Kier molecular flexibility index (Phi) is 4.90. The fourth-order valence-electron chi connectivity index (χ4n) is 1.86. The molecular formula is C15H12BrF2NO2. The van der Waals surface area contributed by atoms with Gasteiger partial charge in [-0.05, 0) is 34.1 Å². The molecule has 0 fully saturated rings. The highest BCUT2D eigenvalue weighted by atomic mass is 79.9. The second-order valence-electron chi connectivity index (χ2n) is 4.22. The van der Waals surface area contributed by atoms with Gasteiger partial charge in [0.15, 0.2) is 17.7 Å². The summed E-state index contributed by atoms with van der Waals surface area (Å²) in [6.45, 7) is 0. The number of benzene rings is 2. The maximum atomic E-state index is 13.9. The summed E-state index contributed by atoms with van der Waals surface area (Å²) in [6, 6.07) is 9.54. The van der Waals surface area contributed by atoms with Gasteiger partial charge in [0.25, 0.3) is 0 Å². The summed E-state index contributed by atoms with van der Waals surface area (Å²) in [7, 11) is 1.19. The van der Waals surface area contributed by atoms with Crippen molar-refractivity contribution in [2.45, 2.75) is 6.04 Å². The number of ether oxygens (including phenoxy) is 1. The summed E-state index contributed by atoms with van der Waals surface area (Å²) in [4.78, 5) is 11.9. The van der Waals surface area contributed by atoms with Crippen molar-refractivity contribution in [3.05, 3.63) is 64.1 Å². The second kappa shape index (κ2) is 6.67. The third kappa shape index (κ3) is 3.39. The minimum Gasteiger partial charge on any atom is -0.467 e. The van der Waals surface area contributed by atoms with E-state index in [-0.39, 0.29) is 5.56 Å². The summed E-state index contributed by atoms with van der Waals surface area (Å²) in [5.41, 5.74) is 0.453. The smallest absolute Gasteiger partial charge is 0.333 e. The van der Waals surface area contributed by atoms with Gasteiger partial charge in [0.05, 0.1) is 7.11 Å². The van der Waals surface area contributed by atoms with Gasteiger partial charge >= 0.3 is 5.97 Å². The molecule has 0 aliphatic heterocycles. The number of methoxy groups -OCH3 is 1. The molecule has 0 aromatic heterocycles. The first-order chi connectivity index (χ1) is 10.0. The molecule has 2 aromatic rings. The zero-order valence-electron chi connectivity index (χ0n) is 11.1. The average Bonchev–Trinajstić information content (AvgIpc) is 2.49. The zero-order valence-corrected chi connectivity index (χ0v) is 12.7. The molecule has 1 atom stereocenters. The van der Waals surface area contributed by atoms with Crippen molar-refractivity contribution in [2.75, 3.05) is 12.4 Å². The van der Waals surface area contributed by atoms with Gasteiger partial charge in [0, 0.05) is 15.7 Å². The van der Waals surface area contributed by atoms with Crippen molar-refractivity contribution in [2.24, 2.45) is 0 Å². The number of para-hydroxylation sites is 1. The molecule has 0 amide bonds. The third-order valence-corrected chi connectivity index (χ3v) is 3.59. The van der Waals surface area contributed by atoms with Gasteiger partial charge in [0.2, 0.25) is 0 Å². The molecule has 0 heterocycles. The van der Waals surface area contributed by atoms with Crippen LogP contribution >= 0.6 is 15.9 Å². The molecule has 0 radical (unpaired) electrons. The molecule has 0 bridgehead atoms. The van der Waals surface area contributed by atoms with Crippen LogP contribution in [0, 0.1) is 11.6 Å². The Balaban J connectivity index is 2.42. The van der Waals surface area contributed by atoms with Gasteiger partial charge in [-0.2, -0.15) is 0 Å². The Hall–Kier alpha value is -1.95. The van der Waals surface area contributed by atoms with Crippen LogP contribution in [0.1, 0.15) is 11.6 Å². The highest BCUT2D eigenvalue weighted by Crippen LogP contribution is 2.28. The van der Waals surface area contributed by atoms with Crippen molar-refractivity contribution >= 4 is 27.6 Å². The molecule has 0 aliphatic rings. The largest absolute Gasteiger partial charge is 0.467 e. The van der Waals surface area contributed by atoms with Crippen molar-refractivity contribution in [1.29, 1.82) is 0 Å². The van der Waals surface area contributed by atoms with Crippen LogP contribution in [0.15, 0.2) is 46.9 Å². The summed E-state index contributed by atoms with van der Waals surface area (Å²) in [5, 5.41) is 2.85. The summed E-state index contributed by atoms with van der Waals surface area (Å²) in [6.07, 6.45) is 0. The number of halogens is 3. The van der Waals surface area contributed by atoms with E-state index in [9.17, 15) is 13.6 Å². The molecule has 0 saturated heterocycles. The molecule has 3 nitrogen and oxygen atoms in total. The molecule has 21 heavy (non-hydrogen) atoms. The van der Waals surface area contributed by atoms with E-state index < -0.39 is 23.6 Å². The fourth-order valence-corrected chi connectivity index (χ4v) is 2.26. The lowest BCUT2D eigenvalue weighted by atomic mass is 10.1. The van der Waals surface area contributed by atoms with Gasteiger partial charge in [-0.25, -0.2) is 13.6 Å². The first-order valence-corrected chi connectivity index (χ1v) is 6.86. The van der Waals surface area contributed by atoms with Crippen LogP contribution < -0.4 is 5.32 Å². The van der Waals surface area contributed by atoms with E-state index in [0.29, 0.717) is 10.2 Å². The van der Waals surface area contributed by atoms with Gasteiger partial charge in [-0.3, -0.25) is 0 Å². The summed E-state index contributed by atoms with van der Waals surface area (Å²) in [5.74, 6) is -2.81. The van der Waals surface area contributed by atoms with Crippen molar-refractivity contribution in [1.82, 2.24) is 0 Å². The Morgan fingerprint density at radius 2 is 1.90 bits per heavy atom. The van der Waals surface area contributed by atoms with Gasteiger partial charge < -0.3 is 10.1 Å². The zero-order chi connectivity index (χ0) is 15.4. The predicted molar refractivity (Wildman–Crippen MR) is 78.9 cm³/mol. The monoisotopic (exact) mass is 355 g/mol. The van der Waals surface area contributed by atoms with Crippen LogP contribution in [0.5, 0.6) is 0 Å². The molecular weight excluding hydrogens is 344 g/mol. The van der Waals surface area contributed by atoms with Crippen LogP contribution in [-0.2, 0) is 9.53 Å². The maximum absolute atomic E-state index is 13.9. The Morgan fingerprint density at radius 3 is 2.57 bits per heavy atom. The van der Waals surface area contributed by atoms with Crippen LogP contribution in [0.3, 0.4) is 0 Å². The quantitative estimate of drug-likeness (QED) is 0.840. The van der Waals surface area contributed by atoms with Crippen molar-refractivity contribution in [3.8, 4) is 0 Å². The highest BCUT2D eigenvalue weighted by molar-refractivity contribution is 9.10. The van der Waals surface area contributed by atoms with Crippen molar-refractivity contribution in [3.63, 3.8) is 0 Å². The van der Waals surface area contributed by atoms with E-state index in [4.69, 9.17) is 0 Å². The Bertz CT molecular complexity index is 664. The molecule has 2 rings (SSSR count).